The van der Waals surface area contributed by atoms with E-state index in [1.807, 2.05) is 0 Å². The largest absolute Gasteiger partial charge is 0.497 e. The van der Waals surface area contributed by atoms with Crippen LogP contribution in [0.2, 0.25) is 0 Å². The molecule has 1 aliphatic rings. The smallest absolute Gasteiger partial charge is 0.224 e. The van der Waals surface area contributed by atoms with E-state index in [1.54, 1.807) is 42.3 Å². The fourth-order valence-corrected chi connectivity index (χ4v) is 3.37. The summed E-state index contributed by atoms with van der Waals surface area (Å²) < 4.78 is 23.5. The zero-order chi connectivity index (χ0) is 21.5. The van der Waals surface area contributed by atoms with Gasteiger partial charge >= 0.3 is 0 Å². The number of piperazine rings is 1. The summed E-state index contributed by atoms with van der Waals surface area (Å²) in [5.41, 5.74) is 1.44. The molecule has 30 heavy (non-hydrogen) atoms. The van der Waals surface area contributed by atoms with Crippen molar-refractivity contribution in [1.29, 1.82) is 0 Å². The maximum absolute atomic E-state index is 13.1. The Morgan fingerprint density at radius 1 is 0.967 bits per heavy atom. The van der Waals surface area contributed by atoms with Gasteiger partial charge in [0.1, 0.15) is 17.3 Å². The summed E-state index contributed by atoms with van der Waals surface area (Å²) in [6, 6.07) is 11.5. The first-order chi connectivity index (χ1) is 14.5. The molecule has 1 N–H and O–H groups in total. The number of nitrogens with zero attached hydrogens (tertiary/aromatic N) is 2. The number of anilines is 2. The SMILES string of the molecule is COc1ccc(OC)c(NC(=O)CCC(=O)N2CCN(c3ccc(F)cc3)CC2)c1. The van der Waals surface area contributed by atoms with Gasteiger partial charge in [-0.05, 0) is 36.4 Å². The van der Waals surface area contributed by atoms with Crippen molar-refractivity contribution >= 4 is 23.2 Å². The van der Waals surface area contributed by atoms with E-state index in [2.05, 4.69) is 10.2 Å². The molecule has 2 aromatic carbocycles. The number of benzene rings is 2. The minimum absolute atomic E-state index is 0.0542. The van der Waals surface area contributed by atoms with Gasteiger partial charge in [-0.25, -0.2) is 4.39 Å². The number of carbonyl (C=O) groups excluding carboxylic acids is 2. The quantitative estimate of drug-likeness (QED) is 0.753. The molecule has 0 aliphatic carbocycles. The van der Waals surface area contributed by atoms with Crippen LogP contribution in [-0.4, -0.2) is 57.1 Å². The van der Waals surface area contributed by atoms with E-state index in [9.17, 15) is 14.0 Å². The third-order valence-electron chi connectivity index (χ3n) is 5.07. The van der Waals surface area contributed by atoms with Crippen molar-refractivity contribution in [2.75, 3.05) is 50.6 Å². The molecule has 3 rings (SSSR count). The topological polar surface area (TPSA) is 71.1 Å². The number of hydrogen-bond donors (Lipinski definition) is 1. The van der Waals surface area contributed by atoms with Gasteiger partial charge in [0.2, 0.25) is 11.8 Å². The molecule has 0 aromatic heterocycles. The van der Waals surface area contributed by atoms with Gasteiger partial charge in [0.15, 0.2) is 0 Å². The number of carbonyl (C=O) groups is 2. The summed E-state index contributed by atoms with van der Waals surface area (Å²) in [5.74, 6) is 0.535. The predicted molar refractivity (Wildman–Crippen MR) is 113 cm³/mol. The Balaban J connectivity index is 1.47. The highest BCUT2D eigenvalue weighted by Crippen LogP contribution is 2.29. The highest BCUT2D eigenvalue weighted by Gasteiger charge is 2.22. The van der Waals surface area contributed by atoms with Gasteiger partial charge in [0.05, 0.1) is 19.9 Å². The fourth-order valence-electron chi connectivity index (χ4n) is 3.37. The summed E-state index contributed by atoms with van der Waals surface area (Å²) in [6.07, 6.45) is 0.214. The van der Waals surface area contributed by atoms with E-state index in [0.29, 0.717) is 43.4 Å². The van der Waals surface area contributed by atoms with Crippen molar-refractivity contribution < 1.29 is 23.5 Å². The molecule has 2 amide bonds. The molecule has 1 heterocycles. The van der Waals surface area contributed by atoms with E-state index in [1.165, 1.54) is 19.2 Å². The van der Waals surface area contributed by atoms with Gasteiger partial charge in [-0.2, -0.15) is 0 Å². The van der Waals surface area contributed by atoms with Crippen LogP contribution in [0, 0.1) is 5.82 Å². The lowest BCUT2D eigenvalue weighted by atomic mass is 10.2. The lowest BCUT2D eigenvalue weighted by Gasteiger charge is -2.36. The Bertz CT molecular complexity index is 880. The van der Waals surface area contributed by atoms with E-state index in [0.717, 1.165) is 5.69 Å². The Hall–Kier alpha value is -3.29. The van der Waals surface area contributed by atoms with E-state index >= 15 is 0 Å². The van der Waals surface area contributed by atoms with E-state index < -0.39 is 0 Å². The second-order valence-electron chi connectivity index (χ2n) is 6.96. The number of ether oxygens (including phenoxy) is 2. The Morgan fingerprint density at radius 3 is 2.30 bits per heavy atom. The number of rotatable bonds is 7. The standard InChI is InChI=1S/C22H26FN3O4/c1-29-18-7-8-20(30-2)19(15-18)24-21(27)9-10-22(28)26-13-11-25(12-14-26)17-5-3-16(23)4-6-17/h3-8,15H,9-14H2,1-2H3,(H,24,27). The van der Waals surface area contributed by atoms with Gasteiger partial charge in [-0.15, -0.1) is 0 Å². The molecule has 2 aromatic rings. The summed E-state index contributed by atoms with van der Waals surface area (Å²) in [4.78, 5) is 28.7. The van der Waals surface area contributed by atoms with Crippen molar-refractivity contribution in [2.45, 2.75) is 12.8 Å². The maximum Gasteiger partial charge on any atom is 0.224 e. The summed E-state index contributed by atoms with van der Waals surface area (Å²) >= 11 is 0. The Kier molecular flexibility index (Phi) is 7.11. The van der Waals surface area contributed by atoms with Gasteiger partial charge in [-0.3, -0.25) is 9.59 Å². The predicted octanol–water partition coefficient (Wildman–Crippen LogP) is 2.91. The lowest BCUT2D eigenvalue weighted by molar-refractivity contribution is -0.133. The molecule has 0 unspecified atom stereocenters. The highest BCUT2D eigenvalue weighted by atomic mass is 19.1. The molecule has 0 atom stereocenters. The molecule has 1 saturated heterocycles. The molecule has 8 heteroatoms. The van der Waals surface area contributed by atoms with Crippen LogP contribution >= 0.6 is 0 Å². The van der Waals surface area contributed by atoms with E-state index in [-0.39, 0.29) is 30.5 Å². The van der Waals surface area contributed by atoms with Crippen LogP contribution in [0.3, 0.4) is 0 Å². The second kappa shape index (κ2) is 9.96. The minimum atomic E-state index is -0.266. The maximum atomic E-state index is 13.1. The van der Waals surface area contributed by atoms with Gasteiger partial charge in [-0.1, -0.05) is 0 Å². The molecule has 160 valence electrons. The van der Waals surface area contributed by atoms with Crippen molar-refractivity contribution in [3.05, 3.63) is 48.3 Å². The molecular formula is C22H26FN3O4. The van der Waals surface area contributed by atoms with Crippen LogP contribution < -0.4 is 19.7 Å². The van der Waals surface area contributed by atoms with Crippen LogP contribution in [0.4, 0.5) is 15.8 Å². The van der Waals surface area contributed by atoms with Crippen LogP contribution in [0.5, 0.6) is 11.5 Å². The second-order valence-corrected chi connectivity index (χ2v) is 6.96. The normalized spacial score (nSPS) is 13.7. The van der Waals surface area contributed by atoms with Crippen molar-refractivity contribution in [2.24, 2.45) is 0 Å². The molecule has 0 spiro atoms. The number of nitrogens with one attached hydrogen (secondary N) is 1. The minimum Gasteiger partial charge on any atom is -0.497 e. The van der Waals surface area contributed by atoms with Crippen molar-refractivity contribution in [3.63, 3.8) is 0 Å². The number of hydrogen-bond acceptors (Lipinski definition) is 5. The van der Waals surface area contributed by atoms with Crippen molar-refractivity contribution in [1.82, 2.24) is 4.90 Å². The molecule has 0 bridgehead atoms. The van der Waals surface area contributed by atoms with Gasteiger partial charge in [0.25, 0.3) is 0 Å². The average molecular weight is 415 g/mol. The third kappa shape index (κ3) is 5.40. The first kappa shape index (κ1) is 21.4. The van der Waals surface area contributed by atoms with Crippen LogP contribution in [0.15, 0.2) is 42.5 Å². The third-order valence-corrected chi connectivity index (χ3v) is 5.07. The Labute approximate surface area is 175 Å². The summed E-state index contributed by atoms with van der Waals surface area (Å²) in [5, 5.41) is 2.77. The first-order valence-electron chi connectivity index (χ1n) is 9.80. The summed E-state index contributed by atoms with van der Waals surface area (Å²) in [7, 11) is 3.06. The van der Waals surface area contributed by atoms with Crippen LogP contribution in [0.25, 0.3) is 0 Å². The van der Waals surface area contributed by atoms with Gasteiger partial charge in [0, 0.05) is 50.8 Å². The van der Waals surface area contributed by atoms with Crippen LogP contribution in [0.1, 0.15) is 12.8 Å². The monoisotopic (exact) mass is 415 g/mol. The van der Waals surface area contributed by atoms with E-state index in [4.69, 9.17) is 9.47 Å². The zero-order valence-corrected chi connectivity index (χ0v) is 17.2. The molecule has 1 aliphatic heterocycles. The number of methoxy groups -OCH3 is 2. The number of halogens is 1. The fraction of sp³-hybridized carbons (Fsp3) is 0.364. The van der Waals surface area contributed by atoms with Crippen molar-refractivity contribution in [3.8, 4) is 11.5 Å². The highest BCUT2D eigenvalue weighted by molar-refractivity contribution is 5.94. The molecule has 0 radical (unpaired) electrons. The molecule has 0 saturated carbocycles. The first-order valence-corrected chi connectivity index (χ1v) is 9.80. The molecular weight excluding hydrogens is 389 g/mol. The van der Waals surface area contributed by atoms with Gasteiger partial charge < -0.3 is 24.6 Å². The number of amides is 2. The zero-order valence-electron chi connectivity index (χ0n) is 17.2. The average Bonchev–Trinajstić information content (AvgIpc) is 2.78. The molecule has 7 nitrogen and oxygen atoms in total. The van der Waals surface area contributed by atoms with Crippen LogP contribution in [-0.2, 0) is 9.59 Å². The summed E-state index contributed by atoms with van der Waals surface area (Å²) in [6.45, 7) is 2.48. The molecule has 1 fully saturated rings. The Morgan fingerprint density at radius 2 is 1.67 bits per heavy atom. The lowest BCUT2D eigenvalue weighted by Crippen LogP contribution is -2.48.